The molecule has 0 saturated carbocycles. The van der Waals surface area contributed by atoms with Gasteiger partial charge in [-0.1, -0.05) is 12.1 Å². The molecule has 0 unspecified atom stereocenters. The van der Waals surface area contributed by atoms with E-state index < -0.39 is 5.82 Å². The summed E-state index contributed by atoms with van der Waals surface area (Å²) in [6.45, 7) is 0. The molecule has 3 heterocycles. The van der Waals surface area contributed by atoms with E-state index in [0.717, 1.165) is 16.5 Å². The van der Waals surface area contributed by atoms with Gasteiger partial charge in [-0.3, -0.25) is 4.98 Å². The lowest BCUT2D eigenvalue weighted by Crippen LogP contribution is -1.90. The van der Waals surface area contributed by atoms with Crippen molar-refractivity contribution in [3.63, 3.8) is 0 Å². The molecule has 0 amide bonds. The first kappa shape index (κ1) is 13.5. The number of hydrogen-bond acceptors (Lipinski definition) is 3. The predicted molar refractivity (Wildman–Crippen MR) is 85.8 cm³/mol. The lowest BCUT2D eigenvalue weighted by atomic mass is 10.1. The monoisotopic (exact) mass is 305 g/mol. The number of H-pyrrole nitrogens is 1. The summed E-state index contributed by atoms with van der Waals surface area (Å²) in [5.41, 5.74) is 2.60. The van der Waals surface area contributed by atoms with Crippen LogP contribution < -0.4 is 4.74 Å². The number of aromatic nitrogens is 3. The molecule has 0 bridgehead atoms. The van der Waals surface area contributed by atoms with Gasteiger partial charge in [-0.15, -0.1) is 0 Å². The summed E-state index contributed by atoms with van der Waals surface area (Å²) in [5.74, 6) is 0.327. The number of nitrogens with one attached hydrogen (secondary N) is 1. The first-order valence-corrected chi connectivity index (χ1v) is 7.12. The molecule has 112 valence electrons. The Kier molecular flexibility index (Phi) is 3.24. The highest BCUT2D eigenvalue weighted by Crippen LogP contribution is 2.36. The first-order chi connectivity index (χ1) is 11.3. The number of halogens is 1. The first-order valence-electron chi connectivity index (χ1n) is 7.12. The van der Waals surface area contributed by atoms with Crippen LogP contribution >= 0.6 is 0 Å². The van der Waals surface area contributed by atoms with E-state index in [-0.39, 0.29) is 5.75 Å². The third kappa shape index (κ3) is 2.42. The van der Waals surface area contributed by atoms with E-state index in [0.29, 0.717) is 11.4 Å². The molecule has 1 N–H and O–H groups in total. The molecule has 0 aliphatic heterocycles. The van der Waals surface area contributed by atoms with Gasteiger partial charge in [0, 0.05) is 30.4 Å². The average molecular weight is 305 g/mol. The van der Waals surface area contributed by atoms with Crippen LogP contribution in [0.5, 0.6) is 11.5 Å². The van der Waals surface area contributed by atoms with Gasteiger partial charge in [0.25, 0.3) is 0 Å². The summed E-state index contributed by atoms with van der Waals surface area (Å²) < 4.78 is 19.7. The van der Waals surface area contributed by atoms with Crippen LogP contribution in [0.1, 0.15) is 0 Å². The Morgan fingerprint density at radius 3 is 2.57 bits per heavy atom. The second-order valence-corrected chi connectivity index (χ2v) is 5.00. The summed E-state index contributed by atoms with van der Waals surface area (Å²) >= 11 is 0. The number of hydrogen-bond donors (Lipinski definition) is 1. The van der Waals surface area contributed by atoms with E-state index >= 15 is 0 Å². The minimum Gasteiger partial charge on any atom is -0.453 e. The summed E-state index contributed by atoms with van der Waals surface area (Å²) in [6.07, 6.45) is 6.94. The SMILES string of the molecule is Fc1ccccc1Oc1ccnc2[nH]cc(-c3ccncc3)c12. The number of fused-ring (bicyclic) bond motifs is 1. The van der Waals surface area contributed by atoms with Gasteiger partial charge in [-0.2, -0.15) is 0 Å². The molecule has 0 saturated heterocycles. The van der Waals surface area contributed by atoms with E-state index in [1.165, 1.54) is 6.07 Å². The molecule has 23 heavy (non-hydrogen) atoms. The van der Waals surface area contributed by atoms with Crippen molar-refractivity contribution in [3.8, 4) is 22.6 Å². The topological polar surface area (TPSA) is 50.8 Å². The lowest BCUT2D eigenvalue weighted by molar-refractivity contribution is 0.446. The maximum absolute atomic E-state index is 13.9. The maximum Gasteiger partial charge on any atom is 0.165 e. The molecule has 4 nitrogen and oxygen atoms in total. The van der Waals surface area contributed by atoms with Crippen LogP contribution in [0.15, 0.2) is 67.3 Å². The molecule has 0 aliphatic carbocycles. The van der Waals surface area contributed by atoms with Gasteiger partial charge in [0.15, 0.2) is 11.6 Å². The minimum absolute atomic E-state index is 0.182. The average Bonchev–Trinajstić information content (AvgIpc) is 3.03. The van der Waals surface area contributed by atoms with Crippen LogP contribution in [0.3, 0.4) is 0 Å². The second-order valence-electron chi connectivity index (χ2n) is 5.00. The van der Waals surface area contributed by atoms with Crippen LogP contribution in [0.2, 0.25) is 0 Å². The van der Waals surface area contributed by atoms with Gasteiger partial charge < -0.3 is 9.72 Å². The summed E-state index contributed by atoms with van der Waals surface area (Å²) in [4.78, 5) is 11.5. The normalized spacial score (nSPS) is 10.8. The Morgan fingerprint density at radius 1 is 0.913 bits per heavy atom. The van der Waals surface area contributed by atoms with Crippen molar-refractivity contribution >= 4 is 11.0 Å². The van der Waals surface area contributed by atoms with Crippen molar-refractivity contribution in [2.24, 2.45) is 0 Å². The molecule has 3 aromatic heterocycles. The Hall–Kier alpha value is -3.21. The van der Waals surface area contributed by atoms with Crippen molar-refractivity contribution in [2.45, 2.75) is 0 Å². The molecule has 0 aliphatic rings. The zero-order valence-corrected chi connectivity index (χ0v) is 12.0. The quantitative estimate of drug-likeness (QED) is 0.604. The van der Waals surface area contributed by atoms with Crippen LogP contribution in [-0.2, 0) is 0 Å². The Bertz CT molecular complexity index is 966. The molecule has 1 aromatic carbocycles. The molecule has 4 aromatic rings. The van der Waals surface area contributed by atoms with Gasteiger partial charge in [0.2, 0.25) is 0 Å². The van der Waals surface area contributed by atoms with E-state index in [1.807, 2.05) is 18.3 Å². The number of pyridine rings is 2. The number of aromatic amines is 1. The fourth-order valence-corrected chi connectivity index (χ4v) is 2.52. The predicted octanol–water partition coefficient (Wildman–Crippen LogP) is 4.56. The van der Waals surface area contributed by atoms with Crippen molar-refractivity contribution in [2.75, 3.05) is 0 Å². The Balaban J connectivity index is 1.87. The van der Waals surface area contributed by atoms with Gasteiger partial charge in [0.1, 0.15) is 11.4 Å². The van der Waals surface area contributed by atoms with Crippen LogP contribution in [-0.4, -0.2) is 15.0 Å². The summed E-state index contributed by atoms with van der Waals surface area (Å²) in [5, 5.41) is 0.807. The minimum atomic E-state index is -0.404. The summed E-state index contributed by atoms with van der Waals surface area (Å²) in [6, 6.07) is 11.9. The molecule has 0 radical (unpaired) electrons. The molecule has 5 heteroatoms. The van der Waals surface area contributed by atoms with Crippen LogP contribution in [0.4, 0.5) is 4.39 Å². The standard InChI is InChI=1S/C18H12FN3O/c19-14-3-1-2-4-15(14)23-16-7-10-21-18-17(16)13(11-22-18)12-5-8-20-9-6-12/h1-11H,(H,21,22). The van der Waals surface area contributed by atoms with E-state index in [2.05, 4.69) is 15.0 Å². The fourth-order valence-electron chi connectivity index (χ4n) is 2.52. The van der Waals surface area contributed by atoms with Gasteiger partial charge in [0.05, 0.1) is 5.39 Å². The molecule has 0 spiro atoms. The fraction of sp³-hybridized carbons (Fsp3) is 0. The number of ether oxygens (including phenoxy) is 1. The number of para-hydroxylation sites is 1. The number of benzene rings is 1. The Labute approximate surface area is 131 Å². The molecular formula is C18H12FN3O. The lowest BCUT2D eigenvalue weighted by Gasteiger charge is -2.09. The van der Waals surface area contributed by atoms with Crippen molar-refractivity contribution in [1.29, 1.82) is 0 Å². The third-order valence-corrected chi connectivity index (χ3v) is 3.58. The zero-order chi connectivity index (χ0) is 15.6. The van der Waals surface area contributed by atoms with Gasteiger partial charge >= 0.3 is 0 Å². The largest absolute Gasteiger partial charge is 0.453 e. The smallest absolute Gasteiger partial charge is 0.165 e. The van der Waals surface area contributed by atoms with Crippen molar-refractivity contribution < 1.29 is 9.13 Å². The molecule has 0 atom stereocenters. The zero-order valence-electron chi connectivity index (χ0n) is 12.0. The van der Waals surface area contributed by atoms with Crippen molar-refractivity contribution in [3.05, 3.63) is 73.1 Å². The summed E-state index contributed by atoms with van der Waals surface area (Å²) in [7, 11) is 0. The van der Waals surface area contributed by atoms with Crippen molar-refractivity contribution in [1.82, 2.24) is 15.0 Å². The van der Waals surface area contributed by atoms with E-state index in [1.54, 1.807) is 42.9 Å². The highest BCUT2D eigenvalue weighted by molar-refractivity contribution is 5.98. The molecule has 0 fully saturated rings. The number of rotatable bonds is 3. The Morgan fingerprint density at radius 2 is 1.74 bits per heavy atom. The second kappa shape index (κ2) is 5.53. The van der Waals surface area contributed by atoms with Gasteiger partial charge in [-0.25, -0.2) is 9.37 Å². The molecule has 4 rings (SSSR count). The van der Waals surface area contributed by atoms with E-state index in [4.69, 9.17) is 4.74 Å². The van der Waals surface area contributed by atoms with E-state index in [9.17, 15) is 4.39 Å². The number of nitrogens with zero attached hydrogens (tertiary/aromatic N) is 2. The maximum atomic E-state index is 13.9. The molecular weight excluding hydrogens is 293 g/mol. The van der Waals surface area contributed by atoms with Crippen LogP contribution in [0.25, 0.3) is 22.2 Å². The highest BCUT2D eigenvalue weighted by atomic mass is 19.1. The van der Waals surface area contributed by atoms with Crippen LogP contribution in [0, 0.1) is 5.82 Å². The highest BCUT2D eigenvalue weighted by Gasteiger charge is 2.14. The third-order valence-electron chi connectivity index (χ3n) is 3.58. The van der Waals surface area contributed by atoms with Gasteiger partial charge in [-0.05, 0) is 35.9 Å².